The lowest BCUT2D eigenvalue weighted by atomic mass is 10.1. The van der Waals surface area contributed by atoms with Gasteiger partial charge in [-0.1, -0.05) is 29.4 Å². The van der Waals surface area contributed by atoms with Gasteiger partial charge in [-0.2, -0.15) is 4.98 Å². The van der Waals surface area contributed by atoms with Crippen molar-refractivity contribution in [2.24, 2.45) is 0 Å². The van der Waals surface area contributed by atoms with E-state index in [2.05, 4.69) is 45.1 Å². The van der Waals surface area contributed by atoms with Crippen molar-refractivity contribution in [3.05, 3.63) is 60.0 Å². The minimum Gasteiger partial charge on any atom is -0.497 e. The van der Waals surface area contributed by atoms with Crippen LogP contribution in [0.5, 0.6) is 5.75 Å². The lowest BCUT2D eigenvalue weighted by molar-refractivity contribution is 0.215. The van der Waals surface area contributed by atoms with Crippen LogP contribution in [-0.2, 0) is 6.54 Å². The Hall–Kier alpha value is -2.86. The van der Waals surface area contributed by atoms with Crippen LogP contribution < -0.4 is 9.64 Å². The fourth-order valence-corrected chi connectivity index (χ4v) is 3.40. The van der Waals surface area contributed by atoms with Gasteiger partial charge in [0.05, 0.1) is 13.7 Å². The summed E-state index contributed by atoms with van der Waals surface area (Å²) < 4.78 is 10.7. The highest BCUT2D eigenvalue weighted by molar-refractivity contribution is 5.58. The third kappa shape index (κ3) is 3.95. The predicted octanol–water partition coefficient (Wildman–Crippen LogP) is 3.38. The summed E-state index contributed by atoms with van der Waals surface area (Å²) >= 11 is 0. The number of anilines is 1. The standard InChI is InChI=1S/C21H24N4O2/c1-16-5-3-4-6-19(16)21-22-20(27-23-21)15-24-11-13-25(14-12-24)17-7-9-18(26-2)10-8-17/h3-10H,11-15H2,1-2H3. The molecule has 1 aliphatic heterocycles. The number of rotatable bonds is 5. The summed E-state index contributed by atoms with van der Waals surface area (Å²) in [4.78, 5) is 9.33. The molecule has 1 aliphatic rings. The van der Waals surface area contributed by atoms with Gasteiger partial charge in [-0.15, -0.1) is 0 Å². The van der Waals surface area contributed by atoms with Gasteiger partial charge in [0.1, 0.15) is 5.75 Å². The summed E-state index contributed by atoms with van der Waals surface area (Å²) in [6.45, 7) is 6.64. The van der Waals surface area contributed by atoms with Gasteiger partial charge < -0.3 is 14.2 Å². The molecular formula is C21H24N4O2. The smallest absolute Gasteiger partial charge is 0.241 e. The molecule has 2 aromatic carbocycles. The van der Waals surface area contributed by atoms with Crippen molar-refractivity contribution in [1.29, 1.82) is 0 Å². The summed E-state index contributed by atoms with van der Waals surface area (Å²) in [6, 6.07) is 16.3. The number of benzene rings is 2. The Morgan fingerprint density at radius 1 is 1.00 bits per heavy atom. The second-order valence-corrected chi connectivity index (χ2v) is 6.79. The number of ether oxygens (including phenoxy) is 1. The maximum absolute atomic E-state index is 5.48. The average Bonchev–Trinajstić information content (AvgIpc) is 3.17. The van der Waals surface area contributed by atoms with Crippen molar-refractivity contribution in [1.82, 2.24) is 15.0 Å². The SMILES string of the molecule is COc1ccc(N2CCN(Cc3nc(-c4ccccc4C)no3)CC2)cc1. The number of hydrogen-bond acceptors (Lipinski definition) is 6. The molecule has 0 saturated carbocycles. The van der Waals surface area contributed by atoms with Crippen molar-refractivity contribution in [2.45, 2.75) is 13.5 Å². The molecule has 0 N–H and O–H groups in total. The average molecular weight is 364 g/mol. The number of nitrogens with zero attached hydrogens (tertiary/aromatic N) is 4. The van der Waals surface area contributed by atoms with Crippen LogP contribution in [0.3, 0.4) is 0 Å². The highest BCUT2D eigenvalue weighted by Crippen LogP contribution is 2.22. The normalized spacial score (nSPS) is 15.1. The van der Waals surface area contributed by atoms with E-state index < -0.39 is 0 Å². The van der Waals surface area contributed by atoms with Crippen LogP contribution in [0, 0.1) is 6.92 Å². The molecule has 1 aromatic heterocycles. The van der Waals surface area contributed by atoms with Crippen molar-refractivity contribution in [3.8, 4) is 17.1 Å². The molecule has 0 atom stereocenters. The topological polar surface area (TPSA) is 54.6 Å². The van der Waals surface area contributed by atoms with Gasteiger partial charge in [-0.3, -0.25) is 4.90 Å². The molecule has 1 fully saturated rings. The zero-order valence-corrected chi connectivity index (χ0v) is 15.8. The van der Waals surface area contributed by atoms with Crippen LogP contribution in [0.15, 0.2) is 53.1 Å². The molecule has 3 aromatic rings. The van der Waals surface area contributed by atoms with E-state index in [1.807, 2.05) is 30.3 Å². The van der Waals surface area contributed by atoms with Crippen molar-refractivity contribution in [3.63, 3.8) is 0 Å². The van der Waals surface area contributed by atoms with E-state index in [1.54, 1.807) is 7.11 Å². The molecule has 0 spiro atoms. The van der Waals surface area contributed by atoms with Crippen LogP contribution >= 0.6 is 0 Å². The molecule has 27 heavy (non-hydrogen) atoms. The number of hydrogen-bond donors (Lipinski definition) is 0. The van der Waals surface area contributed by atoms with Crippen LogP contribution in [0.2, 0.25) is 0 Å². The quantitative estimate of drug-likeness (QED) is 0.692. The van der Waals surface area contributed by atoms with Gasteiger partial charge in [0, 0.05) is 37.4 Å². The van der Waals surface area contributed by atoms with Gasteiger partial charge in [0.25, 0.3) is 0 Å². The highest BCUT2D eigenvalue weighted by Gasteiger charge is 2.20. The summed E-state index contributed by atoms with van der Waals surface area (Å²) in [6.07, 6.45) is 0. The predicted molar refractivity (Wildman–Crippen MR) is 105 cm³/mol. The van der Waals surface area contributed by atoms with Crippen molar-refractivity contribution in [2.75, 3.05) is 38.2 Å². The summed E-state index contributed by atoms with van der Waals surface area (Å²) in [5.41, 5.74) is 3.41. The molecule has 140 valence electrons. The molecule has 1 saturated heterocycles. The Kier molecular flexibility index (Phi) is 5.07. The fraction of sp³-hybridized carbons (Fsp3) is 0.333. The molecule has 0 aliphatic carbocycles. The Labute approximate surface area is 159 Å². The zero-order chi connectivity index (χ0) is 18.6. The molecular weight excluding hydrogens is 340 g/mol. The van der Waals surface area contributed by atoms with E-state index in [0.29, 0.717) is 18.3 Å². The van der Waals surface area contributed by atoms with Crippen molar-refractivity contribution < 1.29 is 9.26 Å². The van der Waals surface area contributed by atoms with Gasteiger partial charge in [0.15, 0.2) is 0 Å². The lowest BCUT2D eigenvalue weighted by Crippen LogP contribution is -2.46. The molecule has 4 rings (SSSR count). The van der Waals surface area contributed by atoms with Crippen LogP contribution in [0.1, 0.15) is 11.5 Å². The summed E-state index contributed by atoms with van der Waals surface area (Å²) in [7, 11) is 1.69. The molecule has 2 heterocycles. The Bertz CT molecular complexity index is 883. The third-order valence-corrected chi connectivity index (χ3v) is 5.02. The van der Waals surface area contributed by atoms with Gasteiger partial charge in [0.2, 0.25) is 11.7 Å². The second-order valence-electron chi connectivity index (χ2n) is 6.79. The lowest BCUT2D eigenvalue weighted by Gasteiger charge is -2.35. The maximum Gasteiger partial charge on any atom is 0.241 e. The van der Waals surface area contributed by atoms with Gasteiger partial charge >= 0.3 is 0 Å². The Morgan fingerprint density at radius 2 is 1.74 bits per heavy atom. The molecule has 6 nitrogen and oxygen atoms in total. The summed E-state index contributed by atoms with van der Waals surface area (Å²) in [5, 5.41) is 4.16. The number of aromatic nitrogens is 2. The second kappa shape index (κ2) is 7.80. The Morgan fingerprint density at radius 3 is 2.44 bits per heavy atom. The van der Waals surface area contributed by atoms with E-state index in [0.717, 1.165) is 43.1 Å². The monoisotopic (exact) mass is 364 g/mol. The van der Waals surface area contributed by atoms with Gasteiger partial charge in [-0.05, 0) is 36.8 Å². The molecule has 0 amide bonds. The summed E-state index contributed by atoms with van der Waals surface area (Å²) in [5.74, 6) is 2.23. The fourth-order valence-electron chi connectivity index (χ4n) is 3.40. The Balaban J connectivity index is 1.35. The van der Waals surface area contributed by atoms with Crippen LogP contribution in [0.4, 0.5) is 5.69 Å². The first kappa shape index (κ1) is 17.5. The first-order valence-electron chi connectivity index (χ1n) is 9.23. The largest absolute Gasteiger partial charge is 0.497 e. The zero-order valence-electron chi connectivity index (χ0n) is 15.8. The molecule has 6 heteroatoms. The molecule has 0 radical (unpaired) electrons. The number of piperazine rings is 1. The third-order valence-electron chi connectivity index (χ3n) is 5.02. The minimum absolute atomic E-state index is 0.667. The van der Waals surface area contributed by atoms with Crippen LogP contribution in [0.25, 0.3) is 11.4 Å². The van der Waals surface area contributed by atoms with Crippen LogP contribution in [-0.4, -0.2) is 48.3 Å². The number of methoxy groups -OCH3 is 1. The maximum atomic E-state index is 5.48. The molecule has 0 bridgehead atoms. The van der Waals surface area contributed by atoms with Gasteiger partial charge in [-0.25, -0.2) is 0 Å². The number of aryl methyl sites for hydroxylation is 1. The van der Waals surface area contributed by atoms with E-state index >= 15 is 0 Å². The van der Waals surface area contributed by atoms with E-state index in [1.165, 1.54) is 5.69 Å². The minimum atomic E-state index is 0.667. The van der Waals surface area contributed by atoms with E-state index in [4.69, 9.17) is 9.26 Å². The van der Waals surface area contributed by atoms with E-state index in [9.17, 15) is 0 Å². The highest BCUT2D eigenvalue weighted by atomic mass is 16.5. The first-order valence-corrected chi connectivity index (χ1v) is 9.23. The molecule has 0 unspecified atom stereocenters. The first-order chi connectivity index (χ1) is 13.2. The van der Waals surface area contributed by atoms with Crippen molar-refractivity contribution >= 4 is 5.69 Å². The van der Waals surface area contributed by atoms with E-state index in [-0.39, 0.29) is 0 Å².